The predicted octanol–water partition coefficient (Wildman–Crippen LogP) is 2.77. The second-order valence-electron chi connectivity index (χ2n) is 6.91. The van der Waals surface area contributed by atoms with Crippen LogP contribution in [0.15, 0.2) is 65.5 Å². The van der Waals surface area contributed by atoms with Crippen molar-refractivity contribution in [2.24, 2.45) is 7.05 Å². The smallest absolute Gasteiger partial charge is 0.356 e. The number of pyridine rings is 1. The Bertz CT molecular complexity index is 1180. The van der Waals surface area contributed by atoms with Crippen molar-refractivity contribution in [2.75, 3.05) is 4.31 Å². The molecule has 31 heavy (non-hydrogen) atoms. The molecule has 1 unspecified atom stereocenters. The number of aromatic carboxylic acids is 1. The van der Waals surface area contributed by atoms with Crippen molar-refractivity contribution in [1.82, 2.24) is 4.57 Å². The summed E-state index contributed by atoms with van der Waals surface area (Å²) in [5.74, 6) is -1.65. The molecule has 0 spiro atoms. The lowest BCUT2D eigenvalue weighted by atomic mass is 10.2. The summed E-state index contributed by atoms with van der Waals surface area (Å²) < 4.78 is 31.6. The first kappa shape index (κ1) is 22.3. The van der Waals surface area contributed by atoms with Crippen LogP contribution in [0, 0.1) is 6.92 Å². The molecule has 0 aliphatic rings. The third-order valence-electron chi connectivity index (χ3n) is 4.71. The molecule has 1 heterocycles. The average molecular weight is 441 g/mol. The minimum absolute atomic E-state index is 0.0235. The number of aromatic nitrogens is 1. The Kier molecular flexibility index (Phi) is 6.88. The van der Waals surface area contributed by atoms with E-state index in [-0.39, 0.29) is 30.3 Å². The molecule has 0 radical (unpaired) electrons. The summed E-state index contributed by atoms with van der Waals surface area (Å²) in [5.41, 5.74) is 1.26. The van der Waals surface area contributed by atoms with E-state index in [9.17, 15) is 23.5 Å². The quantitative estimate of drug-likeness (QED) is 0.538. The second kappa shape index (κ2) is 9.59. The number of hydrogen-bond donors (Lipinski definition) is 1. The largest absolute Gasteiger partial charge is 0.755 e. The fraction of sp³-hybridized carbons (Fsp3) is 0.182. The lowest BCUT2D eigenvalue weighted by molar-refractivity contribution is 0.0678. The number of carboxylic acids is 1. The number of carboxylic acid groups (broad SMARTS) is 1. The molecule has 0 bridgehead atoms. The van der Waals surface area contributed by atoms with E-state index in [1.807, 2.05) is 19.1 Å². The van der Waals surface area contributed by atoms with Crippen LogP contribution in [0.2, 0.25) is 0 Å². The highest BCUT2D eigenvalue weighted by molar-refractivity contribution is 7.80. The predicted molar refractivity (Wildman–Crippen MR) is 116 cm³/mol. The molecule has 1 N–H and O–H groups in total. The molecule has 3 rings (SSSR count). The number of carbonyl (C=O) groups is 1. The Balaban J connectivity index is 1.99. The topological polar surface area (TPSA) is 112 Å². The number of anilines is 1. The molecule has 0 fully saturated rings. The molecule has 1 atom stereocenters. The number of aryl methyl sites for hydroxylation is 1. The normalized spacial score (nSPS) is 11.7. The third kappa shape index (κ3) is 5.19. The van der Waals surface area contributed by atoms with Gasteiger partial charge in [-0.25, -0.2) is 4.79 Å². The molecule has 0 amide bonds. The van der Waals surface area contributed by atoms with Crippen LogP contribution in [0.1, 0.15) is 27.3 Å². The van der Waals surface area contributed by atoms with Gasteiger partial charge in [0.05, 0.1) is 6.54 Å². The summed E-state index contributed by atoms with van der Waals surface area (Å²) in [7, 11) is 1.45. The van der Waals surface area contributed by atoms with Gasteiger partial charge >= 0.3 is 5.97 Å². The van der Waals surface area contributed by atoms with Crippen LogP contribution in [-0.4, -0.2) is 24.4 Å². The highest BCUT2D eigenvalue weighted by atomic mass is 32.2. The average Bonchev–Trinajstić information content (AvgIpc) is 2.73. The summed E-state index contributed by atoms with van der Waals surface area (Å²) in [4.78, 5) is 24.6. The summed E-state index contributed by atoms with van der Waals surface area (Å²) in [6, 6.07) is 17.1. The molecule has 8 nitrogen and oxygen atoms in total. The maximum atomic E-state index is 12.7. The molecule has 0 saturated carbocycles. The Morgan fingerprint density at radius 2 is 1.87 bits per heavy atom. The van der Waals surface area contributed by atoms with Gasteiger partial charge in [0.2, 0.25) is 5.43 Å². The van der Waals surface area contributed by atoms with Crippen molar-refractivity contribution in [3.05, 3.63) is 93.4 Å². The molecule has 3 aromatic rings. The van der Waals surface area contributed by atoms with Gasteiger partial charge in [-0.05, 0) is 30.2 Å². The number of hydrogen-bond acceptors (Lipinski definition) is 5. The van der Waals surface area contributed by atoms with Crippen LogP contribution < -0.4 is 14.5 Å². The maximum Gasteiger partial charge on any atom is 0.356 e. The zero-order chi connectivity index (χ0) is 22.5. The molecule has 0 aliphatic heterocycles. The molecule has 0 saturated heterocycles. The van der Waals surface area contributed by atoms with E-state index < -0.39 is 22.7 Å². The number of nitrogens with zero attached hydrogens (tertiary/aromatic N) is 2. The van der Waals surface area contributed by atoms with Crippen LogP contribution in [0.5, 0.6) is 5.75 Å². The third-order valence-corrected chi connectivity index (χ3v) is 5.41. The lowest BCUT2D eigenvalue weighted by Crippen LogP contribution is -2.29. The monoisotopic (exact) mass is 441 g/mol. The van der Waals surface area contributed by atoms with Crippen molar-refractivity contribution in [3.8, 4) is 5.75 Å². The van der Waals surface area contributed by atoms with Gasteiger partial charge in [0, 0.05) is 35.8 Å². The molecular formula is C22H21N2O6S-. The Morgan fingerprint density at radius 1 is 1.16 bits per heavy atom. The van der Waals surface area contributed by atoms with Gasteiger partial charge in [0.25, 0.3) is 0 Å². The second-order valence-corrected chi connectivity index (χ2v) is 7.78. The summed E-state index contributed by atoms with van der Waals surface area (Å²) in [5, 5.41) is 9.71. The summed E-state index contributed by atoms with van der Waals surface area (Å²) >= 11 is -2.64. The van der Waals surface area contributed by atoms with Crippen LogP contribution in [0.4, 0.5) is 5.69 Å². The first-order valence-electron chi connectivity index (χ1n) is 9.34. The zero-order valence-corrected chi connectivity index (χ0v) is 17.8. The summed E-state index contributed by atoms with van der Waals surface area (Å²) in [6.07, 6.45) is 0. The summed E-state index contributed by atoms with van der Waals surface area (Å²) in [6.45, 7) is 1.63. The van der Waals surface area contributed by atoms with Gasteiger partial charge in [-0.2, -0.15) is 0 Å². The van der Waals surface area contributed by atoms with Gasteiger partial charge in [-0.1, -0.05) is 42.5 Å². The molecular weight excluding hydrogens is 420 g/mol. The Labute approximate surface area is 181 Å². The highest BCUT2D eigenvalue weighted by Gasteiger charge is 2.22. The minimum Gasteiger partial charge on any atom is -0.755 e. The van der Waals surface area contributed by atoms with Crippen molar-refractivity contribution >= 4 is 22.9 Å². The van der Waals surface area contributed by atoms with E-state index in [1.165, 1.54) is 17.7 Å². The van der Waals surface area contributed by atoms with E-state index in [4.69, 9.17) is 4.74 Å². The lowest BCUT2D eigenvalue weighted by Gasteiger charge is -2.28. The van der Waals surface area contributed by atoms with Gasteiger partial charge < -0.3 is 19.0 Å². The van der Waals surface area contributed by atoms with E-state index in [0.29, 0.717) is 5.69 Å². The molecule has 1 aromatic heterocycles. The van der Waals surface area contributed by atoms with Gasteiger partial charge in [-0.3, -0.25) is 13.3 Å². The van der Waals surface area contributed by atoms with E-state index in [1.54, 1.807) is 42.5 Å². The number of rotatable bonds is 8. The SMILES string of the molecule is Cc1cccc(N(Cc2cc(=O)c(OCc3ccccc3)c(C(=O)O)n2C)S(=O)[O-])c1. The van der Waals surface area contributed by atoms with Crippen LogP contribution >= 0.6 is 0 Å². The number of ether oxygens (including phenoxy) is 1. The van der Waals surface area contributed by atoms with Crippen molar-refractivity contribution < 1.29 is 23.4 Å². The maximum absolute atomic E-state index is 12.7. The zero-order valence-electron chi connectivity index (χ0n) is 17.0. The highest BCUT2D eigenvalue weighted by Crippen LogP contribution is 2.22. The van der Waals surface area contributed by atoms with E-state index in [2.05, 4.69) is 0 Å². The van der Waals surface area contributed by atoms with Crippen molar-refractivity contribution in [2.45, 2.75) is 20.1 Å². The van der Waals surface area contributed by atoms with Gasteiger partial charge in [-0.15, -0.1) is 0 Å². The molecule has 9 heteroatoms. The van der Waals surface area contributed by atoms with E-state index in [0.717, 1.165) is 15.4 Å². The Morgan fingerprint density at radius 3 is 2.48 bits per heavy atom. The molecule has 0 aliphatic carbocycles. The fourth-order valence-electron chi connectivity index (χ4n) is 3.15. The fourth-order valence-corrected chi connectivity index (χ4v) is 3.67. The minimum atomic E-state index is -2.64. The van der Waals surface area contributed by atoms with Crippen LogP contribution in [0.3, 0.4) is 0 Å². The van der Waals surface area contributed by atoms with Crippen LogP contribution in [-0.2, 0) is 31.5 Å². The van der Waals surface area contributed by atoms with Gasteiger partial charge in [0.1, 0.15) is 6.61 Å². The van der Waals surface area contributed by atoms with E-state index >= 15 is 0 Å². The molecule has 2 aromatic carbocycles. The first-order chi connectivity index (χ1) is 14.8. The Hall–Kier alpha value is -3.43. The molecule has 162 valence electrons. The van der Waals surface area contributed by atoms with Crippen molar-refractivity contribution in [1.29, 1.82) is 0 Å². The van der Waals surface area contributed by atoms with Crippen molar-refractivity contribution in [3.63, 3.8) is 0 Å². The van der Waals surface area contributed by atoms with Crippen LogP contribution in [0.25, 0.3) is 0 Å². The standard InChI is InChI=1S/C22H22N2O6S/c1-15-7-6-10-17(11-15)24(31(28)29)13-18-12-19(25)21(20(22(26)27)23(18)2)30-14-16-8-4-3-5-9-16/h3-12H,13-14H2,1-2H3,(H,26,27)(H,28,29)/p-1. The number of benzene rings is 2. The van der Waals surface area contributed by atoms with Gasteiger partial charge in [0.15, 0.2) is 11.4 Å². The first-order valence-corrected chi connectivity index (χ1v) is 10.4.